The smallest absolute Gasteiger partial charge is 0.413 e. The lowest BCUT2D eigenvalue weighted by Crippen LogP contribution is -2.16. The number of rotatable bonds is 8. The van der Waals surface area contributed by atoms with Crippen molar-refractivity contribution in [1.82, 2.24) is 4.98 Å². The molecular weight excluding hydrogens is 433 g/mol. The number of aromatic hydroxyl groups is 1. The van der Waals surface area contributed by atoms with Gasteiger partial charge in [0.2, 0.25) is 0 Å². The largest absolute Gasteiger partial charge is 0.507 e. The molecule has 0 saturated heterocycles. The summed E-state index contributed by atoms with van der Waals surface area (Å²) in [4.78, 5) is 7.90. The number of aromatic nitrogens is 1. The minimum absolute atomic E-state index is 0.0242. The van der Waals surface area contributed by atoms with Crippen molar-refractivity contribution in [2.24, 2.45) is 4.99 Å². The van der Waals surface area contributed by atoms with E-state index >= 15 is 0 Å². The van der Waals surface area contributed by atoms with Crippen LogP contribution in [0.1, 0.15) is 23.6 Å². The van der Waals surface area contributed by atoms with Crippen molar-refractivity contribution in [3.8, 4) is 17.2 Å². The number of pyridine rings is 1. The van der Waals surface area contributed by atoms with Gasteiger partial charge in [0.1, 0.15) is 29.6 Å². The molecule has 0 bridgehead atoms. The minimum atomic E-state index is -4.65. The number of phenolic OH excluding ortho intramolecular Hbond substituents is 1. The Labute approximate surface area is 189 Å². The van der Waals surface area contributed by atoms with Crippen molar-refractivity contribution in [3.05, 3.63) is 95.5 Å². The predicted octanol–water partition coefficient (Wildman–Crippen LogP) is 5.87. The molecule has 3 rings (SSSR count). The maximum absolute atomic E-state index is 13.3. The van der Waals surface area contributed by atoms with Gasteiger partial charge in [-0.1, -0.05) is 19.1 Å². The normalized spacial score (nSPS) is 12.5. The van der Waals surface area contributed by atoms with Crippen LogP contribution >= 0.6 is 0 Å². The van der Waals surface area contributed by atoms with Gasteiger partial charge >= 0.3 is 6.18 Å². The molecule has 33 heavy (non-hydrogen) atoms. The standard InChI is InChI=1S/C25H23F3N2O3/c1-3-17-4-6-19(7-5-17)33-23(15-25(26,27)28)24(29-2)21-9-8-20(14-22(21)31)32-16-18-10-12-30-13-11-18/h4-15,31H,3,16H2,1-2H3/b23-15-,29-24-. The Hall–Kier alpha value is -3.81. The zero-order valence-electron chi connectivity index (χ0n) is 18.1. The summed E-state index contributed by atoms with van der Waals surface area (Å²) in [7, 11) is 1.33. The molecule has 0 saturated carbocycles. The molecule has 172 valence electrons. The number of allylic oxidation sites excluding steroid dienone is 2. The van der Waals surface area contributed by atoms with Crippen molar-refractivity contribution in [2.45, 2.75) is 26.1 Å². The molecule has 1 heterocycles. The predicted molar refractivity (Wildman–Crippen MR) is 120 cm³/mol. The van der Waals surface area contributed by atoms with E-state index in [1.165, 1.54) is 19.2 Å². The van der Waals surface area contributed by atoms with Gasteiger partial charge in [0.15, 0.2) is 5.76 Å². The van der Waals surface area contributed by atoms with Crippen LogP contribution in [0.3, 0.4) is 0 Å². The van der Waals surface area contributed by atoms with E-state index in [1.54, 1.807) is 54.9 Å². The maximum Gasteiger partial charge on any atom is 0.413 e. The van der Waals surface area contributed by atoms with E-state index in [0.717, 1.165) is 17.5 Å². The van der Waals surface area contributed by atoms with Crippen molar-refractivity contribution >= 4 is 5.71 Å². The lowest BCUT2D eigenvalue weighted by molar-refractivity contribution is -0.0813. The second-order valence-electron chi connectivity index (χ2n) is 7.05. The fraction of sp³-hybridized carbons (Fsp3) is 0.200. The Bertz CT molecular complexity index is 1130. The number of alkyl halides is 3. The molecule has 0 aliphatic rings. The molecule has 0 atom stereocenters. The highest BCUT2D eigenvalue weighted by Gasteiger charge is 2.29. The van der Waals surface area contributed by atoms with Crippen LogP contribution in [0.2, 0.25) is 0 Å². The number of nitrogens with zero attached hydrogens (tertiary/aromatic N) is 2. The fourth-order valence-electron chi connectivity index (χ4n) is 3.03. The van der Waals surface area contributed by atoms with Gasteiger partial charge < -0.3 is 14.6 Å². The van der Waals surface area contributed by atoms with Gasteiger partial charge in [-0.05, 0) is 53.9 Å². The Balaban J connectivity index is 1.87. The first-order valence-electron chi connectivity index (χ1n) is 10.2. The molecule has 0 unspecified atom stereocenters. The first-order valence-corrected chi connectivity index (χ1v) is 10.2. The van der Waals surface area contributed by atoms with Gasteiger partial charge in [0.05, 0.1) is 6.08 Å². The molecule has 0 amide bonds. The van der Waals surface area contributed by atoms with E-state index in [0.29, 0.717) is 5.75 Å². The summed E-state index contributed by atoms with van der Waals surface area (Å²) in [6.07, 6.45) is -0.577. The van der Waals surface area contributed by atoms with Crippen molar-refractivity contribution < 1.29 is 27.8 Å². The fourth-order valence-corrected chi connectivity index (χ4v) is 3.03. The number of ether oxygens (including phenoxy) is 2. The van der Waals surface area contributed by atoms with Gasteiger partial charge in [-0.3, -0.25) is 9.98 Å². The van der Waals surface area contributed by atoms with Crippen molar-refractivity contribution in [2.75, 3.05) is 7.05 Å². The molecule has 8 heteroatoms. The zero-order chi connectivity index (χ0) is 23.8. The number of aliphatic imine (C=N–C) groups is 1. The molecular formula is C25H23F3N2O3. The SMILES string of the molecule is CCc1ccc(OC(=C\C(F)(F)F)/C(=N\C)c2ccc(OCc3ccncc3)cc2O)cc1. The third-order valence-corrected chi connectivity index (χ3v) is 4.69. The lowest BCUT2D eigenvalue weighted by Gasteiger charge is -2.16. The van der Waals surface area contributed by atoms with E-state index in [1.807, 2.05) is 6.92 Å². The van der Waals surface area contributed by atoms with Gasteiger partial charge in [-0.2, -0.15) is 13.2 Å². The average molecular weight is 456 g/mol. The highest BCUT2D eigenvalue weighted by Crippen LogP contribution is 2.30. The Morgan fingerprint density at radius 1 is 1.00 bits per heavy atom. The molecule has 1 N–H and O–H groups in total. The van der Waals surface area contributed by atoms with Gasteiger partial charge in [-0.15, -0.1) is 0 Å². The van der Waals surface area contributed by atoms with Crippen LogP contribution in [-0.2, 0) is 13.0 Å². The van der Waals surface area contributed by atoms with Crippen LogP contribution in [0.4, 0.5) is 13.2 Å². The van der Waals surface area contributed by atoms with Gasteiger partial charge in [0, 0.05) is 31.1 Å². The quantitative estimate of drug-likeness (QED) is 0.340. The molecule has 2 aromatic carbocycles. The summed E-state index contributed by atoms with van der Waals surface area (Å²) in [5, 5.41) is 10.5. The van der Waals surface area contributed by atoms with Crippen LogP contribution in [-0.4, -0.2) is 29.0 Å². The van der Waals surface area contributed by atoms with Crippen LogP contribution in [0.5, 0.6) is 17.2 Å². The van der Waals surface area contributed by atoms with Crippen LogP contribution in [0.15, 0.2) is 83.8 Å². The number of phenols is 1. The van der Waals surface area contributed by atoms with Crippen molar-refractivity contribution in [1.29, 1.82) is 0 Å². The van der Waals surface area contributed by atoms with Gasteiger partial charge in [-0.25, -0.2) is 0 Å². The zero-order valence-corrected chi connectivity index (χ0v) is 18.1. The average Bonchev–Trinajstić information content (AvgIpc) is 2.79. The Morgan fingerprint density at radius 2 is 1.67 bits per heavy atom. The van der Waals surface area contributed by atoms with E-state index in [9.17, 15) is 18.3 Å². The molecule has 3 aromatic rings. The second kappa shape index (κ2) is 10.7. The molecule has 0 aliphatic heterocycles. The van der Waals surface area contributed by atoms with Crippen LogP contribution < -0.4 is 9.47 Å². The number of aryl methyl sites for hydroxylation is 1. The summed E-state index contributed by atoms with van der Waals surface area (Å²) < 4.78 is 51.0. The van der Waals surface area contributed by atoms with E-state index in [-0.39, 0.29) is 35.5 Å². The second-order valence-corrected chi connectivity index (χ2v) is 7.05. The Kier molecular flexibility index (Phi) is 7.71. The maximum atomic E-state index is 13.3. The first-order chi connectivity index (χ1) is 15.8. The molecule has 5 nitrogen and oxygen atoms in total. The monoisotopic (exact) mass is 456 g/mol. The van der Waals surface area contributed by atoms with Crippen LogP contribution in [0, 0.1) is 0 Å². The molecule has 0 spiro atoms. The lowest BCUT2D eigenvalue weighted by atomic mass is 10.1. The summed E-state index contributed by atoms with van der Waals surface area (Å²) >= 11 is 0. The molecule has 1 aromatic heterocycles. The molecule has 0 aliphatic carbocycles. The minimum Gasteiger partial charge on any atom is -0.507 e. The Morgan fingerprint density at radius 3 is 2.24 bits per heavy atom. The summed E-state index contributed by atoms with van der Waals surface area (Å²) in [6, 6.07) is 14.6. The van der Waals surface area contributed by atoms with Gasteiger partial charge in [0.25, 0.3) is 0 Å². The highest BCUT2D eigenvalue weighted by atomic mass is 19.4. The summed E-state index contributed by atoms with van der Waals surface area (Å²) in [5.74, 6) is -0.252. The van der Waals surface area contributed by atoms with Crippen molar-refractivity contribution in [3.63, 3.8) is 0 Å². The van der Waals surface area contributed by atoms with E-state index in [4.69, 9.17) is 9.47 Å². The topological polar surface area (TPSA) is 63.9 Å². The summed E-state index contributed by atoms with van der Waals surface area (Å²) in [5.41, 5.74) is 1.83. The molecule has 0 radical (unpaired) electrons. The number of hydrogen-bond acceptors (Lipinski definition) is 5. The number of benzene rings is 2. The van der Waals surface area contributed by atoms with Crippen LogP contribution in [0.25, 0.3) is 0 Å². The molecule has 0 fully saturated rings. The summed E-state index contributed by atoms with van der Waals surface area (Å²) in [6.45, 7) is 2.21. The van der Waals surface area contributed by atoms with E-state index in [2.05, 4.69) is 9.98 Å². The number of halogens is 3. The number of hydrogen-bond donors (Lipinski definition) is 1. The highest BCUT2D eigenvalue weighted by molar-refractivity contribution is 6.13. The first kappa shape index (κ1) is 23.8. The van der Waals surface area contributed by atoms with E-state index < -0.39 is 11.9 Å². The third kappa shape index (κ3) is 6.83. The third-order valence-electron chi connectivity index (χ3n) is 4.69.